The number of para-hydroxylation sites is 1. The zero-order valence-corrected chi connectivity index (χ0v) is 39.8. The second-order valence-electron chi connectivity index (χ2n) is 21.2. The maximum absolute atomic E-state index is 5.13. The molecule has 1 saturated carbocycles. The van der Waals surface area contributed by atoms with Crippen LogP contribution in [0, 0.1) is 43.5 Å². The molecule has 2 heterocycles. The molecule has 5 heteroatoms. The van der Waals surface area contributed by atoms with Crippen LogP contribution in [0.3, 0.4) is 0 Å². The normalized spacial score (nSPS) is 23.5. The monoisotopic (exact) mass is 948 g/mol. The van der Waals surface area contributed by atoms with Gasteiger partial charge >= 0.3 is 20.1 Å². The van der Waals surface area contributed by atoms with E-state index >= 15 is 0 Å². The molecule has 4 aliphatic carbocycles. The summed E-state index contributed by atoms with van der Waals surface area (Å²) in [6.07, 6.45) is 3.91. The minimum atomic E-state index is 0. The first-order chi connectivity index (χ1) is 26.6. The third-order valence-corrected chi connectivity index (χ3v) is 17.6. The van der Waals surface area contributed by atoms with Crippen LogP contribution in [0.2, 0.25) is 0 Å². The molecule has 1 fully saturated rings. The van der Waals surface area contributed by atoms with Crippen molar-refractivity contribution in [1.82, 2.24) is 9.55 Å². The summed E-state index contributed by atoms with van der Waals surface area (Å²) in [5, 5.41) is 3.57. The van der Waals surface area contributed by atoms with Crippen LogP contribution in [0.1, 0.15) is 159 Å². The third kappa shape index (κ3) is 5.30. The van der Waals surface area contributed by atoms with Gasteiger partial charge in [0.25, 0.3) is 0 Å². The second kappa shape index (κ2) is 13.2. The molecule has 2 unspecified atom stereocenters. The minimum Gasteiger partial charge on any atom is -0.514 e. The number of imidazole rings is 1. The van der Waals surface area contributed by atoms with E-state index in [2.05, 4.69) is 185 Å². The molecule has 10 rings (SSSR count). The van der Waals surface area contributed by atoms with E-state index in [1.807, 2.05) is 12.1 Å². The zero-order valence-electron chi connectivity index (χ0n) is 37.4. The number of anilines is 3. The summed E-state index contributed by atoms with van der Waals surface area (Å²) in [4.78, 5) is 7.44. The van der Waals surface area contributed by atoms with Crippen LogP contribution in [-0.2, 0) is 41.8 Å². The van der Waals surface area contributed by atoms with Gasteiger partial charge in [0.15, 0.2) is 0 Å². The number of hydrogen-bond acceptors (Lipinski definition) is 3. The summed E-state index contributed by atoms with van der Waals surface area (Å²) in [6.45, 7) is 35.5. The van der Waals surface area contributed by atoms with Gasteiger partial charge in [-0.05, 0) is 100.0 Å². The minimum absolute atomic E-state index is 0. The average molecular weight is 948 g/mol. The van der Waals surface area contributed by atoms with Crippen LogP contribution < -0.4 is 10.2 Å². The van der Waals surface area contributed by atoms with Crippen LogP contribution in [0.5, 0.6) is 0 Å². The maximum atomic E-state index is 5.13. The van der Waals surface area contributed by atoms with Crippen molar-refractivity contribution in [2.75, 3.05) is 10.2 Å². The van der Waals surface area contributed by atoms with E-state index in [1.165, 1.54) is 81.1 Å². The molecule has 0 radical (unpaired) electrons. The number of hydrogen-bond donors (Lipinski definition) is 1. The molecule has 4 aromatic carbocycles. The summed E-state index contributed by atoms with van der Waals surface area (Å²) in [5.74, 6) is 2.40. The number of aryl methyl sites for hydroxylation is 2. The Morgan fingerprint density at radius 1 is 0.690 bits per heavy atom. The number of fused-ring (bicyclic) bond motifs is 8. The molecule has 4 nitrogen and oxygen atoms in total. The Balaban J connectivity index is 0.000000166. The summed E-state index contributed by atoms with van der Waals surface area (Å²) in [6, 6.07) is 31.3. The molecule has 0 spiro atoms. The summed E-state index contributed by atoms with van der Waals surface area (Å²) in [5.41, 5.74) is 17.9. The number of nitrogens with one attached hydrogen (secondary N) is 1. The Bertz CT molecular complexity index is 2420. The van der Waals surface area contributed by atoms with E-state index in [1.54, 1.807) is 0 Å². The van der Waals surface area contributed by atoms with Crippen LogP contribution in [0.25, 0.3) is 17.1 Å². The maximum Gasteiger partial charge on any atom is 3.00 e. The molecular weight excluding hydrogens is 885 g/mol. The van der Waals surface area contributed by atoms with Crippen molar-refractivity contribution >= 4 is 17.1 Å². The largest absolute Gasteiger partial charge is 3.00 e. The SMILES string of the molecule is CC1(C)c2c[c-]c(N3[CH-]Nc4cc5c(cc43)C(C)(C)C(C)(C)C5(C)C)cc2C(C)(C)C1(C)C.Cc1cccc(C)c1-n1c(-c2[c-]cccc2)nc2c1C1CCC2C1.[Ir+3]. The Morgan fingerprint density at radius 3 is 1.90 bits per heavy atom. The molecule has 5 aliphatic rings. The average Bonchev–Trinajstić information content (AvgIpc) is 3.99. The molecule has 1 aromatic heterocycles. The predicted molar refractivity (Wildman–Crippen MR) is 238 cm³/mol. The van der Waals surface area contributed by atoms with Gasteiger partial charge in [0.05, 0.1) is 11.5 Å². The summed E-state index contributed by atoms with van der Waals surface area (Å²) >= 11 is 0. The van der Waals surface area contributed by atoms with Gasteiger partial charge in [0.1, 0.15) is 0 Å². The zero-order chi connectivity index (χ0) is 40.8. The fourth-order valence-corrected chi connectivity index (χ4v) is 11.6. The van der Waals surface area contributed by atoms with E-state index in [-0.39, 0.29) is 52.6 Å². The molecule has 1 N–H and O–H groups in total. The summed E-state index contributed by atoms with van der Waals surface area (Å²) < 4.78 is 2.45. The number of rotatable bonds is 3. The van der Waals surface area contributed by atoms with Crippen molar-refractivity contribution in [3.05, 3.63) is 130 Å². The Hall–Kier alpha value is -3.66. The molecule has 2 atom stereocenters. The molecule has 304 valence electrons. The van der Waals surface area contributed by atoms with E-state index in [0.717, 1.165) is 17.1 Å². The van der Waals surface area contributed by atoms with Crippen molar-refractivity contribution in [3.8, 4) is 17.1 Å². The number of nitrogens with zero attached hydrogens (tertiary/aromatic N) is 3. The standard InChI is InChI=1S/C31H42N2.C22H21N2.Ir/c1-26(2)20-14-13-19(15-21(20)27(3,4)30(26,9)10)33-18-32-24-16-22-23(17-25(24)33)29(7,8)31(11,12)28(22,5)6;1-14-7-6-8-15(2)20(14)24-21-18-12-11-17(13-18)19(21)23-22(24)16-9-4-3-5-10-16;/h14-18,32H,1-12H3;3-9,17-18H,11-13H2,1-2H3;/q-2;-1;+3. The topological polar surface area (TPSA) is 33.1 Å². The van der Waals surface area contributed by atoms with Crippen LogP contribution in [0.15, 0.2) is 66.7 Å². The molecule has 1 aliphatic heterocycles. The van der Waals surface area contributed by atoms with Gasteiger partial charge in [-0.3, -0.25) is 4.98 Å². The summed E-state index contributed by atoms with van der Waals surface area (Å²) in [7, 11) is 0. The third-order valence-electron chi connectivity index (χ3n) is 17.6. The van der Waals surface area contributed by atoms with Crippen molar-refractivity contribution in [3.63, 3.8) is 0 Å². The van der Waals surface area contributed by atoms with Gasteiger partial charge in [-0.2, -0.15) is 18.8 Å². The van der Waals surface area contributed by atoms with Gasteiger partial charge in [0, 0.05) is 34.6 Å². The van der Waals surface area contributed by atoms with Crippen molar-refractivity contribution in [1.29, 1.82) is 0 Å². The van der Waals surface area contributed by atoms with Crippen molar-refractivity contribution in [2.45, 2.75) is 150 Å². The van der Waals surface area contributed by atoms with Gasteiger partial charge in [-0.1, -0.05) is 101 Å². The van der Waals surface area contributed by atoms with Gasteiger partial charge in [-0.15, -0.1) is 58.8 Å². The first kappa shape index (κ1) is 41.1. The predicted octanol–water partition coefficient (Wildman–Crippen LogP) is 13.7. The number of benzene rings is 4. The van der Waals surface area contributed by atoms with E-state index in [4.69, 9.17) is 4.98 Å². The van der Waals surface area contributed by atoms with Crippen molar-refractivity contribution < 1.29 is 20.1 Å². The first-order valence-corrected chi connectivity index (χ1v) is 21.5. The Labute approximate surface area is 363 Å². The van der Waals surface area contributed by atoms with Gasteiger partial charge in [-0.25, -0.2) is 0 Å². The van der Waals surface area contributed by atoms with E-state index in [0.29, 0.717) is 11.8 Å². The van der Waals surface area contributed by atoms with Gasteiger partial charge in [0.2, 0.25) is 0 Å². The molecule has 2 bridgehead atoms. The van der Waals surface area contributed by atoms with Crippen molar-refractivity contribution in [2.24, 2.45) is 10.8 Å². The Kier molecular flexibility index (Phi) is 9.33. The Morgan fingerprint density at radius 2 is 1.28 bits per heavy atom. The molecule has 0 amide bonds. The molecule has 5 aromatic rings. The quantitative estimate of drug-likeness (QED) is 0.183. The second-order valence-corrected chi connectivity index (χ2v) is 21.2. The fourth-order valence-electron chi connectivity index (χ4n) is 11.6. The fraction of sp³-hybridized carbons (Fsp3) is 0.472. The number of aromatic nitrogens is 2. The van der Waals surface area contributed by atoms with Crippen LogP contribution in [-0.4, -0.2) is 9.55 Å². The molecular formula is C53H63IrN4. The van der Waals surface area contributed by atoms with E-state index < -0.39 is 0 Å². The van der Waals surface area contributed by atoms with Crippen LogP contribution >= 0.6 is 0 Å². The first-order valence-electron chi connectivity index (χ1n) is 21.5. The molecule has 58 heavy (non-hydrogen) atoms. The van der Waals surface area contributed by atoms with Gasteiger partial charge < -0.3 is 14.8 Å². The molecule has 0 saturated heterocycles. The smallest absolute Gasteiger partial charge is 0.514 e. The van der Waals surface area contributed by atoms with Crippen LogP contribution in [0.4, 0.5) is 17.1 Å². The van der Waals surface area contributed by atoms with E-state index in [9.17, 15) is 0 Å².